The van der Waals surface area contributed by atoms with Gasteiger partial charge in [0.1, 0.15) is 10.6 Å². The first-order valence-electron chi connectivity index (χ1n) is 10.6. The summed E-state index contributed by atoms with van der Waals surface area (Å²) in [6, 6.07) is 20.1. The van der Waals surface area contributed by atoms with Gasteiger partial charge in [0, 0.05) is 25.2 Å². The summed E-state index contributed by atoms with van der Waals surface area (Å²) in [5.74, 6) is -1.29. The molecule has 0 bridgehead atoms. The fourth-order valence-corrected chi connectivity index (χ4v) is 4.74. The Morgan fingerprint density at radius 1 is 1.00 bits per heavy atom. The van der Waals surface area contributed by atoms with Crippen molar-refractivity contribution >= 4 is 33.5 Å². The van der Waals surface area contributed by atoms with Crippen LogP contribution in [0.4, 0.5) is 0 Å². The van der Waals surface area contributed by atoms with Gasteiger partial charge in [0.15, 0.2) is 6.61 Å². The summed E-state index contributed by atoms with van der Waals surface area (Å²) in [6.45, 7) is -0.230. The largest absolute Gasteiger partial charge is 0.495 e. The van der Waals surface area contributed by atoms with Crippen LogP contribution in [0.2, 0.25) is 5.02 Å². The number of nitrogens with one attached hydrogen (secondary N) is 1. The van der Waals surface area contributed by atoms with Gasteiger partial charge < -0.3 is 14.8 Å². The highest BCUT2D eigenvalue weighted by atomic mass is 35.5. The molecular weight excluding hydrogens is 492 g/mol. The van der Waals surface area contributed by atoms with Gasteiger partial charge in [0.2, 0.25) is 10.0 Å². The molecule has 3 rings (SSSR count). The maximum absolute atomic E-state index is 13.2. The van der Waals surface area contributed by atoms with Gasteiger partial charge >= 0.3 is 5.97 Å². The summed E-state index contributed by atoms with van der Waals surface area (Å²) in [5, 5.41) is 3.12. The van der Waals surface area contributed by atoms with E-state index in [0.29, 0.717) is 5.02 Å². The number of carbonyl (C=O) groups excluding carboxylic acids is 2. The molecule has 10 heteroatoms. The summed E-state index contributed by atoms with van der Waals surface area (Å²) in [7, 11) is -1.22. The molecule has 184 valence electrons. The molecule has 1 amide bonds. The summed E-state index contributed by atoms with van der Waals surface area (Å²) in [4.78, 5) is 24.5. The van der Waals surface area contributed by atoms with Crippen LogP contribution in [-0.4, -0.2) is 45.4 Å². The van der Waals surface area contributed by atoms with Crippen molar-refractivity contribution in [3.8, 4) is 5.75 Å². The number of sulfonamides is 1. The van der Waals surface area contributed by atoms with Gasteiger partial charge in [-0.25, -0.2) is 13.2 Å². The quantitative estimate of drug-likeness (QED) is 0.413. The minimum Gasteiger partial charge on any atom is -0.495 e. The monoisotopic (exact) mass is 516 g/mol. The number of hydrogen-bond acceptors (Lipinski definition) is 6. The number of carbonyl (C=O) groups is 2. The van der Waals surface area contributed by atoms with E-state index in [4.69, 9.17) is 21.1 Å². The van der Waals surface area contributed by atoms with Crippen molar-refractivity contribution in [2.75, 3.05) is 20.8 Å². The van der Waals surface area contributed by atoms with E-state index in [1.54, 1.807) is 24.3 Å². The summed E-state index contributed by atoms with van der Waals surface area (Å²) < 4.78 is 37.9. The van der Waals surface area contributed by atoms with Gasteiger partial charge in [0.05, 0.1) is 12.7 Å². The summed E-state index contributed by atoms with van der Waals surface area (Å²) in [6.07, 6.45) is 0. The van der Waals surface area contributed by atoms with Crippen LogP contribution >= 0.6 is 11.6 Å². The number of ether oxygens (including phenoxy) is 2. The Morgan fingerprint density at radius 2 is 1.69 bits per heavy atom. The lowest BCUT2D eigenvalue weighted by molar-refractivity contribution is -0.124. The first kappa shape index (κ1) is 26.2. The number of halogens is 1. The fraction of sp³-hybridized carbons (Fsp3) is 0.200. The number of amides is 1. The highest BCUT2D eigenvalue weighted by molar-refractivity contribution is 7.89. The molecule has 0 aliphatic rings. The Morgan fingerprint density at radius 3 is 2.37 bits per heavy atom. The van der Waals surface area contributed by atoms with E-state index in [1.165, 1.54) is 32.4 Å². The Bertz CT molecular complexity index is 1300. The average Bonchev–Trinajstić information content (AvgIpc) is 2.86. The standard InChI is InChI=1S/C25H25ClN2O6S/c1-28(16-18-8-4-3-5-9-18)35(31,32)23-14-19(12-13-22(23)33-2)25(30)34-17-24(29)27-15-20-10-6-7-11-21(20)26/h3-14H,15-17H2,1-2H3,(H,27,29). The van der Waals surface area contributed by atoms with E-state index in [9.17, 15) is 18.0 Å². The average molecular weight is 517 g/mol. The number of hydrogen-bond donors (Lipinski definition) is 1. The third-order valence-electron chi connectivity index (χ3n) is 5.10. The minimum atomic E-state index is -4.00. The van der Waals surface area contributed by atoms with Crippen LogP contribution in [0.25, 0.3) is 0 Å². The van der Waals surface area contributed by atoms with Crippen molar-refractivity contribution in [2.45, 2.75) is 18.0 Å². The maximum Gasteiger partial charge on any atom is 0.338 e. The van der Waals surface area contributed by atoms with Crippen LogP contribution in [0.15, 0.2) is 77.7 Å². The van der Waals surface area contributed by atoms with Crippen LogP contribution in [-0.2, 0) is 32.6 Å². The third kappa shape index (κ3) is 6.82. The molecule has 0 radical (unpaired) electrons. The molecule has 3 aromatic carbocycles. The predicted molar refractivity (Wildman–Crippen MR) is 132 cm³/mol. The second-order valence-corrected chi connectivity index (χ2v) is 9.98. The summed E-state index contributed by atoms with van der Waals surface area (Å²) in [5.41, 5.74) is 1.49. The normalized spacial score (nSPS) is 11.2. The van der Waals surface area contributed by atoms with Crippen LogP contribution in [0.3, 0.4) is 0 Å². The number of esters is 1. The van der Waals surface area contributed by atoms with Crippen LogP contribution in [0, 0.1) is 0 Å². The second kappa shape index (κ2) is 11.8. The molecule has 1 N–H and O–H groups in total. The Labute approximate surface area is 209 Å². The van der Waals surface area contributed by atoms with Gasteiger partial charge in [-0.05, 0) is 35.4 Å². The number of methoxy groups -OCH3 is 1. The van der Waals surface area contributed by atoms with E-state index in [2.05, 4.69) is 5.32 Å². The van der Waals surface area contributed by atoms with Crippen molar-refractivity contribution in [2.24, 2.45) is 0 Å². The van der Waals surface area contributed by atoms with Gasteiger partial charge in [0.25, 0.3) is 5.91 Å². The first-order valence-corrected chi connectivity index (χ1v) is 12.4. The zero-order chi connectivity index (χ0) is 25.4. The van der Waals surface area contributed by atoms with Crippen molar-refractivity contribution in [1.82, 2.24) is 9.62 Å². The van der Waals surface area contributed by atoms with E-state index in [1.807, 2.05) is 30.3 Å². The zero-order valence-electron chi connectivity index (χ0n) is 19.2. The van der Waals surface area contributed by atoms with E-state index in [0.717, 1.165) is 15.4 Å². The Kier molecular flexibility index (Phi) is 8.86. The Balaban J connectivity index is 1.68. The molecule has 35 heavy (non-hydrogen) atoms. The SMILES string of the molecule is COc1ccc(C(=O)OCC(=O)NCc2ccccc2Cl)cc1S(=O)(=O)N(C)Cc1ccccc1. The third-order valence-corrected chi connectivity index (χ3v) is 7.30. The van der Waals surface area contributed by atoms with Gasteiger partial charge in [-0.2, -0.15) is 4.31 Å². The van der Waals surface area contributed by atoms with Gasteiger partial charge in [-0.15, -0.1) is 0 Å². The van der Waals surface area contributed by atoms with Crippen molar-refractivity contribution in [3.63, 3.8) is 0 Å². The van der Waals surface area contributed by atoms with Gasteiger partial charge in [-0.3, -0.25) is 4.79 Å². The smallest absolute Gasteiger partial charge is 0.338 e. The first-order chi connectivity index (χ1) is 16.7. The predicted octanol–water partition coefficient (Wildman–Crippen LogP) is 3.64. The van der Waals surface area contributed by atoms with Crippen molar-refractivity contribution < 1.29 is 27.5 Å². The lowest BCUT2D eigenvalue weighted by atomic mass is 10.2. The Hall–Kier alpha value is -3.40. The fourth-order valence-electron chi connectivity index (χ4n) is 3.20. The van der Waals surface area contributed by atoms with Gasteiger partial charge in [-0.1, -0.05) is 60.1 Å². The molecule has 8 nitrogen and oxygen atoms in total. The van der Waals surface area contributed by atoms with Crippen LogP contribution in [0.5, 0.6) is 5.75 Å². The number of rotatable bonds is 10. The maximum atomic E-state index is 13.2. The molecule has 0 saturated heterocycles. The molecule has 0 atom stereocenters. The highest BCUT2D eigenvalue weighted by Crippen LogP contribution is 2.28. The van der Waals surface area contributed by atoms with Crippen molar-refractivity contribution in [3.05, 3.63) is 94.5 Å². The van der Waals surface area contributed by atoms with E-state index < -0.39 is 28.5 Å². The molecular formula is C25H25ClN2O6S. The highest BCUT2D eigenvalue weighted by Gasteiger charge is 2.27. The molecule has 0 saturated carbocycles. The molecule has 0 aromatic heterocycles. The lowest BCUT2D eigenvalue weighted by Gasteiger charge is -2.19. The van der Waals surface area contributed by atoms with Crippen molar-refractivity contribution in [1.29, 1.82) is 0 Å². The zero-order valence-corrected chi connectivity index (χ0v) is 20.8. The molecule has 0 aliphatic carbocycles. The summed E-state index contributed by atoms with van der Waals surface area (Å²) >= 11 is 6.06. The van der Waals surface area contributed by atoms with Crippen LogP contribution < -0.4 is 10.1 Å². The van der Waals surface area contributed by atoms with Crippen LogP contribution in [0.1, 0.15) is 21.5 Å². The molecule has 0 spiro atoms. The number of nitrogens with zero attached hydrogens (tertiary/aromatic N) is 1. The molecule has 0 aliphatic heterocycles. The molecule has 0 unspecified atom stereocenters. The lowest BCUT2D eigenvalue weighted by Crippen LogP contribution is -2.29. The van der Waals surface area contributed by atoms with E-state index >= 15 is 0 Å². The second-order valence-electron chi connectivity index (χ2n) is 7.56. The van der Waals surface area contributed by atoms with E-state index in [-0.39, 0.29) is 29.3 Å². The molecule has 0 heterocycles. The molecule has 0 fully saturated rings. The molecule has 3 aromatic rings. The topological polar surface area (TPSA) is 102 Å². The number of benzene rings is 3. The minimum absolute atomic E-state index is 0.0311.